The molecule has 0 saturated heterocycles. The van der Waals surface area contributed by atoms with E-state index in [2.05, 4.69) is 31.8 Å². The van der Waals surface area contributed by atoms with Gasteiger partial charge in [-0.3, -0.25) is 0 Å². The molecule has 0 fully saturated rings. The van der Waals surface area contributed by atoms with Gasteiger partial charge in [-0.15, -0.1) is 0 Å². The average molecular weight is 539 g/mol. The summed E-state index contributed by atoms with van der Waals surface area (Å²) in [6.07, 6.45) is 8.80. The Labute approximate surface area is 207 Å². The summed E-state index contributed by atoms with van der Waals surface area (Å²) in [6, 6.07) is 10.1. The number of benzene rings is 2. The first kappa shape index (κ1) is 23.7. The molecular formula is C24H19AsClFN5O2. The molecule has 3 aromatic rings. The number of rotatable bonds is 6. The fraction of sp³-hybridized carbons (Fsp3) is 0.167. The van der Waals surface area contributed by atoms with Gasteiger partial charge in [0.15, 0.2) is 0 Å². The summed E-state index contributed by atoms with van der Waals surface area (Å²) in [5, 5.41) is 8.49. The van der Waals surface area contributed by atoms with Crippen molar-refractivity contribution in [1.29, 1.82) is 0 Å². The van der Waals surface area contributed by atoms with E-state index in [-0.39, 0.29) is 34.5 Å². The molecule has 1 aromatic heterocycles. The second kappa shape index (κ2) is 10.7. The van der Waals surface area contributed by atoms with Crippen LogP contribution in [0, 0.1) is 18.2 Å². The van der Waals surface area contributed by atoms with Crippen LogP contribution < -0.4 is 24.9 Å². The summed E-state index contributed by atoms with van der Waals surface area (Å²) in [5.41, 5.74) is 1.93. The number of nitrogens with one attached hydrogen (secondary N) is 3. The molecule has 2 aromatic carbocycles. The van der Waals surface area contributed by atoms with Gasteiger partial charge in [-0.2, -0.15) is 0 Å². The molecule has 0 spiro atoms. The van der Waals surface area contributed by atoms with Crippen molar-refractivity contribution in [2.24, 2.45) is 0 Å². The summed E-state index contributed by atoms with van der Waals surface area (Å²) >= 11 is 5.63. The molecule has 1 aliphatic heterocycles. The van der Waals surface area contributed by atoms with Crippen LogP contribution in [0.3, 0.4) is 0 Å². The predicted molar refractivity (Wildman–Crippen MR) is 131 cm³/mol. The van der Waals surface area contributed by atoms with Crippen LogP contribution in [0.15, 0.2) is 42.6 Å². The van der Waals surface area contributed by atoms with E-state index in [1.165, 1.54) is 24.4 Å². The molecule has 2 amide bonds. The normalized spacial score (nSPS) is 13.0. The van der Waals surface area contributed by atoms with Crippen LogP contribution in [0.25, 0.3) is 0 Å². The van der Waals surface area contributed by atoms with Crippen molar-refractivity contribution in [3.8, 4) is 12.3 Å². The topological polar surface area (TPSA) is 96.0 Å². The van der Waals surface area contributed by atoms with E-state index in [0.717, 1.165) is 28.4 Å². The minimum absolute atomic E-state index is 0.00773. The van der Waals surface area contributed by atoms with E-state index >= 15 is 0 Å². The van der Waals surface area contributed by atoms with E-state index in [9.17, 15) is 14.0 Å². The third-order valence-corrected chi connectivity index (χ3v) is 7.30. The summed E-state index contributed by atoms with van der Waals surface area (Å²) in [6.45, 7) is 0.0121. The second-order valence-electron chi connectivity index (χ2n) is 7.40. The van der Waals surface area contributed by atoms with Gasteiger partial charge in [0, 0.05) is 0 Å². The first-order valence-electron chi connectivity index (χ1n) is 10.4. The quantitative estimate of drug-likeness (QED) is 0.331. The SMILES string of the molecule is C#CCNC(=O)c1cccc(F)c1Nc1nc([As]c2ccc3c(c2)NC(=O)CCC3)ncc1Cl. The van der Waals surface area contributed by atoms with Crippen molar-refractivity contribution in [3.63, 3.8) is 0 Å². The molecule has 1 aliphatic rings. The van der Waals surface area contributed by atoms with Crippen LogP contribution in [0.5, 0.6) is 0 Å². The third-order valence-electron chi connectivity index (χ3n) is 5.03. The Kier molecular flexibility index (Phi) is 7.46. The van der Waals surface area contributed by atoms with Gasteiger partial charge in [0.2, 0.25) is 0 Å². The zero-order valence-corrected chi connectivity index (χ0v) is 20.5. The molecule has 1 radical (unpaired) electrons. The predicted octanol–water partition coefficient (Wildman–Crippen LogP) is 2.31. The standard InChI is InChI=1S/C24H19AsClFN5O2/c1-2-11-28-23(34)16-6-4-7-18(27)21(16)31-22-17(26)13-29-24(32-22)25-15-10-9-14-5-3-8-20(33)30-19(14)12-15/h1,4,6-7,9-10,12-13H,3,5,8,11H2,(H,28,34)(H,30,33)(H,29,31,32). The van der Waals surface area contributed by atoms with Crippen molar-refractivity contribution >= 4 is 65.3 Å². The molecular weight excluding hydrogens is 520 g/mol. The zero-order chi connectivity index (χ0) is 24.1. The van der Waals surface area contributed by atoms with Crippen LogP contribution in [0.2, 0.25) is 5.02 Å². The monoisotopic (exact) mass is 538 g/mol. The molecule has 0 aliphatic carbocycles. The maximum absolute atomic E-state index is 14.6. The van der Waals surface area contributed by atoms with Gasteiger partial charge in [0.25, 0.3) is 0 Å². The maximum atomic E-state index is 14.6. The van der Waals surface area contributed by atoms with Crippen molar-refractivity contribution < 1.29 is 14.0 Å². The average Bonchev–Trinajstić information content (AvgIpc) is 3.00. The zero-order valence-electron chi connectivity index (χ0n) is 17.9. The minimum atomic E-state index is -0.647. The number of halogens is 2. The van der Waals surface area contributed by atoms with Gasteiger partial charge in [0.1, 0.15) is 0 Å². The summed E-state index contributed by atoms with van der Waals surface area (Å²) < 4.78 is 16.1. The Balaban J connectivity index is 1.59. The number of aromatic nitrogens is 2. The number of terminal acetylenes is 1. The molecule has 0 saturated carbocycles. The van der Waals surface area contributed by atoms with Gasteiger partial charge in [-0.1, -0.05) is 0 Å². The number of hydrogen-bond donors (Lipinski definition) is 3. The fourth-order valence-electron chi connectivity index (χ4n) is 3.42. The first-order valence-corrected chi connectivity index (χ1v) is 12.6. The summed E-state index contributed by atoms with van der Waals surface area (Å²) in [7, 11) is 0. The Morgan fingerprint density at radius 1 is 1.29 bits per heavy atom. The number of amides is 2. The van der Waals surface area contributed by atoms with Crippen LogP contribution >= 0.6 is 11.6 Å². The van der Waals surface area contributed by atoms with E-state index in [0.29, 0.717) is 11.0 Å². The van der Waals surface area contributed by atoms with Crippen LogP contribution in [-0.4, -0.2) is 44.1 Å². The van der Waals surface area contributed by atoms with E-state index < -0.39 is 27.5 Å². The number of fused-ring (bicyclic) bond motifs is 1. The molecule has 4 rings (SSSR count). The molecule has 0 atom stereocenters. The van der Waals surface area contributed by atoms with Gasteiger partial charge in [0.05, 0.1) is 0 Å². The molecule has 171 valence electrons. The van der Waals surface area contributed by atoms with Gasteiger partial charge in [-0.25, -0.2) is 0 Å². The Hall–Kier alpha value is -3.40. The first-order chi connectivity index (χ1) is 16.4. The number of para-hydroxylation sites is 1. The van der Waals surface area contributed by atoms with Crippen molar-refractivity contribution in [1.82, 2.24) is 15.3 Å². The van der Waals surface area contributed by atoms with Gasteiger partial charge >= 0.3 is 208 Å². The molecule has 0 bridgehead atoms. The van der Waals surface area contributed by atoms with Crippen molar-refractivity contribution in [3.05, 3.63) is 64.6 Å². The van der Waals surface area contributed by atoms with Crippen LogP contribution in [0.1, 0.15) is 28.8 Å². The number of carbonyl (C=O) groups excluding carboxylic acids is 2. The molecule has 7 nitrogen and oxygen atoms in total. The molecule has 34 heavy (non-hydrogen) atoms. The van der Waals surface area contributed by atoms with E-state index in [1.807, 2.05) is 18.2 Å². The van der Waals surface area contributed by atoms with Gasteiger partial charge < -0.3 is 0 Å². The number of anilines is 3. The van der Waals surface area contributed by atoms with Crippen LogP contribution in [-0.2, 0) is 11.2 Å². The second-order valence-corrected chi connectivity index (χ2v) is 10.2. The van der Waals surface area contributed by atoms with E-state index in [4.69, 9.17) is 18.0 Å². The van der Waals surface area contributed by atoms with Crippen molar-refractivity contribution in [2.45, 2.75) is 19.3 Å². The molecule has 2 heterocycles. The Bertz CT molecular complexity index is 1310. The third kappa shape index (κ3) is 5.56. The summed E-state index contributed by atoms with van der Waals surface area (Å²) in [4.78, 5) is 33.1. The number of aryl methyl sites for hydroxylation is 1. The van der Waals surface area contributed by atoms with Gasteiger partial charge in [-0.05, 0) is 0 Å². The Morgan fingerprint density at radius 3 is 2.97 bits per heavy atom. The number of hydrogen-bond acceptors (Lipinski definition) is 5. The molecule has 0 unspecified atom stereocenters. The van der Waals surface area contributed by atoms with Crippen molar-refractivity contribution in [2.75, 3.05) is 17.2 Å². The number of nitrogens with zero attached hydrogens (tertiary/aromatic N) is 2. The molecule has 10 heteroatoms. The van der Waals surface area contributed by atoms with Crippen LogP contribution in [0.4, 0.5) is 21.6 Å². The Morgan fingerprint density at radius 2 is 2.15 bits per heavy atom. The van der Waals surface area contributed by atoms with E-state index in [1.54, 1.807) is 0 Å². The summed E-state index contributed by atoms with van der Waals surface area (Å²) in [5.74, 6) is 1.33. The fourth-order valence-corrected chi connectivity index (χ4v) is 5.32. The number of carbonyl (C=O) groups is 2. The molecule has 3 N–H and O–H groups in total.